The molecule has 20 heavy (non-hydrogen) atoms. The third kappa shape index (κ3) is 4.71. The van der Waals surface area contributed by atoms with Gasteiger partial charge in [0.2, 0.25) is 5.76 Å². The minimum atomic E-state index is -0.920. The van der Waals surface area contributed by atoms with Crippen LogP contribution in [0.3, 0.4) is 0 Å². The SMILES string of the molecule is CCCC(C)NC(=O)COC(=O)c1ccc([N+](=O)[O-])o1. The molecule has 0 aromatic carbocycles. The van der Waals surface area contributed by atoms with Gasteiger partial charge in [-0.2, -0.15) is 0 Å². The Morgan fingerprint density at radius 2 is 2.20 bits per heavy atom. The summed E-state index contributed by atoms with van der Waals surface area (Å²) >= 11 is 0. The molecule has 8 nitrogen and oxygen atoms in total. The van der Waals surface area contributed by atoms with Crippen LogP contribution in [-0.4, -0.2) is 29.4 Å². The lowest BCUT2D eigenvalue weighted by molar-refractivity contribution is -0.402. The summed E-state index contributed by atoms with van der Waals surface area (Å²) in [5.41, 5.74) is 0. The number of rotatable bonds is 7. The van der Waals surface area contributed by atoms with Crippen LogP contribution in [0.4, 0.5) is 5.88 Å². The zero-order valence-corrected chi connectivity index (χ0v) is 11.3. The van der Waals surface area contributed by atoms with Crippen molar-refractivity contribution in [3.05, 3.63) is 28.0 Å². The first-order valence-electron chi connectivity index (χ1n) is 6.14. The molecule has 0 aliphatic heterocycles. The van der Waals surface area contributed by atoms with Crippen molar-refractivity contribution >= 4 is 17.8 Å². The second-order valence-electron chi connectivity index (χ2n) is 4.23. The molecule has 1 aromatic rings. The number of carbonyl (C=O) groups excluding carboxylic acids is 2. The molecule has 1 heterocycles. The summed E-state index contributed by atoms with van der Waals surface area (Å²) in [5, 5.41) is 13.0. The van der Waals surface area contributed by atoms with Crippen molar-refractivity contribution < 1.29 is 23.7 Å². The predicted molar refractivity (Wildman–Crippen MR) is 68.2 cm³/mol. The smallest absolute Gasteiger partial charge is 0.433 e. The maximum atomic E-state index is 11.5. The highest BCUT2D eigenvalue weighted by Crippen LogP contribution is 2.16. The number of esters is 1. The number of nitrogens with one attached hydrogen (secondary N) is 1. The predicted octanol–water partition coefficient (Wildman–Crippen LogP) is 1.65. The number of amides is 1. The zero-order valence-electron chi connectivity index (χ0n) is 11.3. The minimum absolute atomic E-state index is 0.00379. The summed E-state index contributed by atoms with van der Waals surface area (Å²) in [6.07, 6.45) is 1.75. The van der Waals surface area contributed by atoms with Crippen molar-refractivity contribution in [2.24, 2.45) is 0 Å². The van der Waals surface area contributed by atoms with E-state index < -0.39 is 29.3 Å². The molecule has 0 spiro atoms. The standard InChI is InChI=1S/C12H16N2O6/c1-3-4-8(2)13-10(15)7-19-12(16)9-5-6-11(20-9)14(17)18/h5-6,8H,3-4,7H2,1-2H3,(H,13,15). The third-order valence-electron chi connectivity index (χ3n) is 2.44. The first kappa shape index (κ1) is 15.7. The molecule has 0 radical (unpaired) electrons. The van der Waals surface area contributed by atoms with Crippen molar-refractivity contribution in [2.75, 3.05) is 6.61 Å². The van der Waals surface area contributed by atoms with E-state index >= 15 is 0 Å². The number of hydrogen-bond acceptors (Lipinski definition) is 6. The Bertz CT molecular complexity index is 496. The van der Waals surface area contributed by atoms with Gasteiger partial charge in [0.1, 0.15) is 4.92 Å². The van der Waals surface area contributed by atoms with Gasteiger partial charge in [-0.15, -0.1) is 0 Å². The van der Waals surface area contributed by atoms with Gasteiger partial charge >= 0.3 is 11.9 Å². The molecule has 1 atom stereocenters. The van der Waals surface area contributed by atoms with Gasteiger partial charge in [0, 0.05) is 6.04 Å². The molecular weight excluding hydrogens is 268 g/mol. The Morgan fingerprint density at radius 1 is 1.50 bits per heavy atom. The topological polar surface area (TPSA) is 112 Å². The van der Waals surface area contributed by atoms with Gasteiger partial charge in [-0.1, -0.05) is 13.3 Å². The highest BCUT2D eigenvalue weighted by atomic mass is 16.7. The van der Waals surface area contributed by atoms with Crippen molar-refractivity contribution in [3.8, 4) is 0 Å². The Kier molecular flexibility index (Phi) is 5.70. The second-order valence-corrected chi connectivity index (χ2v) is 4.23. The molecule has 0 bridgehead atoms. The fourth-order valence-electron chi connectivity index (χ4n) is 1.56. The van der Waals surface area contributed by atoms with Crippen LogP contribution in [0.5, 0.6) is 0 Å². The van der Waals surface area contributed by atoms with E-state index in [0.29, 0.717) is 0 Å². The average Bonchev–Trinajstić information content (AvgIpc) is 2.86. The summed E-state index contributed by atoms with van der Waals surface area (Å²) in [7, 11) is 0. The first-order chi connectivity index (χ1) is 9.43. The van der Waals surface area contributed by atoms with Crippen molar-refractivity contribution in [2.45, 2.75) is 32.7 Å². The van der Waals surface area contributed by atoms with E-state index in [2.05, 4.69) is 9.73 Å². The number of furan rings is 1. The molecule has 1 aromatic heterocycles. The van der Waals surface area contributed by atoms with Crippen LogP contribution >= 0.6 is 0 Å². The van der Waals surface area contributed by atoms with Gasteiger partial charge in [-0.3, -0.25) is 14.9 Å². The Balaban J connectivity index is 2.42. The third-order valence-corrected chi connectivity index (χ3v) is 2.44. The maximum Gasteiger partial charge on any atom is 0.433 e. The van der Waals surface area contributed by atoms with Crippen LogP contribution in [0, 0.1) is 10.1 Å². The molecule has 0 fully saturated rings. The average molecular weight is 284 g/mol. The fraction of sp³-hybridized carbons (Fsp3) is 0.500. The van der Waals surface area contributed by atoms with E-state index in [1.54, 1.807) is 0 Å². The summed E-state index contributed by atoms with van der Waals surface area (Å²) in [6, 6.07) is 2.16. The van der Waals surface area contributed by atoms with Gasteiger partial charge in [-0.05, 0) is 19.4 Å². The molecular formula is C12H16N2O6. The minimum Gasteiger partial charge on any atom is -0.450 e. The van der Waals surface area contributed by atoms with Crippen molar-refractivity contribution in [1.82, 2.24) is 5.32 Å². The molecule has 0 saturated carbocycles. The van der Waals surface area contributed by atoms with Crippen LogP contribution in [0.15, 0.2) is 16.5 Å². The van der Waals surface area contributed by atoms with E-state index in [-0.39, 0.29) is 11.8 Å². The number of ether oxygens (including phenoxy) is 1. The second kappa shape index (κ2) is 7.27. The highest BCUT2D eigenvalue weighted by Gasteiger charge is 2.19. The lowest BCUT2D eigenvalue weighted by Crippen LogP contribution is -2.35. The highest BCUT2D eigenvalue weighted by molar-refractivity contribution is 5.89. The normalized spacial score (nSPS) is 11.7. The summed E-state index contributed by atoms with van der Waals surface area (Å²) in [5.74, 6) is -2.22. The van der Waals surface area contributed by atoms with Crippen LogP contribution in [0.25, 0.3) is 0 Å². The van der Waals surface area contributed by atoms with Gasteiger partial charge in [0.25, 0.3) is 5.91 Å². The fourth-order valence-corrected chi connectivity index (χ4v) is 1.56. The summed E-state index contributed by atoms with van der Waals surface area (Å²) in [6.45, 7) is 3.38. The molecule has 110 valence electrons. The summed E-state index contributed by atoms with van der Waals surface area (Å²) in [4.78, 5) is 32.5. The van der Waals surface area contributed by atoms with Gasteiger partial charge in [-0.25, -0.2) is 4.79 Å². The van der Waals surface area contributed by atoms with Crippen molar-refractivity contribution in [3.63, 3.8) is 0 Å². The van der Waals surface area contributed by atoms with E-state index in [4.69, 9.17) is 4.74 Å². The Hall–Kier alpha value is -2.38. The van der Waals surface area contributed by atoms with Crippen LogP contribution < -0.4 is 5.32 Å². The molecule has 1 amide bonds. The van der Waals surface area contributed by atoms with Crippen molar-refractivity contribution in [1.29, 1.82) is 0 Å². The summed E-state index contributed by atoms with van der Waals surface area (Å²) < 4.78 is 9.35. The Labute approximate surface area is 115 Å². The van der Waals surface area contributed by atoms with Crippen LogP contribution in [0.2, 0.25) is 0 Å². The number of nitro groups is 1. The maximum absolute atomic E-state index is 11.5. The van der Waals surface area contributed by atoms with Gasteiger partial charge in [0.15, 0.2) is 6.61 Å². The number of hydrogen-bond donors (Lipinski definition) is 1. The molecule has 1 rings (SSSR count). The lowest BCUT2D eigenvalue weighted by atomic mass is 10.2. The number of nitrogens with zero attached hydrogens (tertiary/aromatic N) is 1. The first-order valence-corrected chi connectivity index (χ1v) is 6.14. The molecule has 1 unspecified atom stereocenters. The van der Waals surface area contributed by atoms with Crippen LogP contribution in [-0.2, 0) is 9.53 Å². The van der Waals surface area contributed by atoms with E-state index in [1.807, 2.05) is 13.8 Å². The molecule has 0 aliphatic carbocycles. The largest absolute Gasteiger partial charge is 0.450 e. The molecule has 1 N–H and O–H groups in total. The molecule has 0 aliphatic rings. The van der Waals surface area contributed by atoms with Gasteiger partial charge < -0.3 is 14.5 Å². The molecule has 8 heteroatoms. The van der Waals surface area contributed by atoms with E-state index in [1.165, 1.54) is 0 Å². The van der Waals surface area contributed by atoms with Gasteiger partial charge in [0.05, 0.1) is 6.07 Å². The van der Waals surface area contributed by atoms with Crippen LogP contribution in [0.1, 0.15) is 37.2 Å². The lowest BCUT2D eigenvalue weighted by Gasteiger charge is -2.12. The zero-order chi connectivity index (χ0) is 15.1. The Morgan fingerprint density at radius 3 is 2.75 bits per heavy atom. The monoisotopic (exact) mass is 284 g/mol. The quantitative estimate of drug-likeness (QED) is 0.463. The van der Waals surface area contributed by atoms with E-state index in [0.717, 1.165) is 25.0 Å². The molecule has 0 saturated heterocycles. The van der Waals surface area contributed by atoms with E-state index in [9.17, 15) is 19.7 Å². The number of carbonyl (C=O) groups is 2.